The minimum absolute atomic E-state index is 0.0767. The topological polar surface area (TPSA) is 29.1 Å². The van der Waals surface area contributed by atoms with Crippen molar-refractivity contribution < 1.29 is 18.0 Å². The molecular formula is C15H16F3NO. The van der Waals surface area contributed by atoms with Gasteiger partial charge in [0.2, 0.25) is 5.91 Å². The Balaban J connectivity index is 2.37. The Bertz CT molecular complexity index is 471. The van der Waals surface area contributed by atoms with Crippen LogP contribution in [0.15, 0.2) is 24.3 Å². The minimum Gasteiger partial charge on any atom is -0.356 e. The monoisotopic (exact) mass is 283 g/mol. The summed E-state index contributed by atoms with van der Waals surface area (Å²) in [5, 5.41) is 2.71. The number of halogens is 3. The molecule has 0 unspecified atom stereocenters. The zero-order chi connectivity index (χ0) is 15.0. The third-order valence-electron chi connectivity index (χ3n) is 2.72. The van der Waals surface area contributed by atoms with E-state index >= 15 is 0 Å². The van der Waals surface area contributed by atoms with Gasteiger partial charge in [-0.2, -0.15) is 13.2 Å². The van der Waals surface area contributed by atoms with Crippen LogP contribution in [-0.4, -0.2) is 12.5 Å². The van der Waals surface area contributed by atoms with Crippen LogP contribution >= 0.6 is 0 Å². The number of nitrogens with one attached hydrogen (secondary N) is 1. The van der Waals surface area contributed by atoms with Gasteiger partial charge in [-0.1, -0.05) is 12.1 Å². The molecule has 0 saturated carbocycles. The van der Waals surface area contributed by atoms with Crippen molar-refractivity contribution in [2.24, 2.45) is 0 Å². The number of amides is 1. The van der Waals surface area contributed by atoms with Crippen LogP contribution in [0, 0.1) is 12.3 Å². The fourth-order valence-electron chi connectivity index (χ4n) is 1.64. The van der Waals surface area contributed by atoms with E-state index in [1.165, 1.54) is 12.1 Å². The Kier molecular flexibility index (Phi) is 6.10. The first-order valence-corrected chi connectivity index (χ1v) is 6.30. The molecule has 0 aliphatic rings. The number of alkyl halides is 3. The molecule has 0 aromatic heterocycles. The first-order chi connectivity index (χ1) is 9.43. The molecule has 1 aromatic rings. The summed E-state index contributed by atoms with van der Waals surface area (Å²) in [5.41, 5.74) is -0.157. The van der Waals surface area contributed by atoms with Crippen molar-refractivity contribution in [3.63, 3.8) is 0 Å². The van der Waals surface area contributed by atoms with Crippen molar-refractivity contribution in [3.8, 4) is 12.3 Å². The van der Waals surface area contributed by atoms with Crippen LogP contribution in [0.3, 0.4) is 0 Å². The zero-order valence-electron chi connectivity index (χ0n) is 11.0. The van der Waals surface area contributed by atoms with Crippen molar-refractivity contribution in [2.45, 2.75) is 31.9 Å². The van der Waals surface area contributed by atoms with E-state index in [1.807, 2.05) is 0 Å². The van der Waals surface area contributed by atoms with E-state index in [0.717, 1.165) is 25.0 Å². The molecule has 0 radical (unpaired) electrons. The lowest BCUT2D eigenvalue weighted by Gasteiger charge is -2.08. The van der Waals surface area contributed by atoms with E-state index in [4.69, 9.17) is 6.42 Å². The summed E-state index contributed by atoms with van der Waals surface area (Å²) < 4.78 is 37.1. The third-order valence-corrected chi connectivity index (χ3v) is 2.72. The maximum atomic E-state index is 12.4. The van der Waals surface area contributed by atoms with Crippen molar-refractivity contribution in [2.75, 3.05) is 6.54 Å². The highest BCUT2D eigenvalue weighted by atomic mass is 19.4. The van der Waals surface area contributed by atoms with E-state index in [-0.39, 0.29) is 12.3 Å². The van der Waals surface area contributed by atoms with Gasteiger partial charge in [-0.05, 0) is 30.5 Å². The molecule has 1 rings (SSSR count). The molecule has 0 saturated heterocycles. The van der Waals surface area contributed by atoms with Gasteiger partial charge in [0, 0.05) is 13.0 Å². The number of terminal acetylenes is 1. The van der Waals surface area contributed by atoms with Crippen LogP contribution in [0.2, 0.25) is 0 Å². The fraction of sp³-hybridized carbons (Fsp3) is 0.400. The van der Waals surface area contributed by atoms with E-state index in [9.17, 15) is 18.0 Å². The molecule has 0 heterocycles. The number of hydrogen-bond donors (Lipinski definition) is 1. The van der Waals surface area contributed by atoms with Gasteiger partial charge in [0.1, 0.15) is 0 Å². The highest BCUT2D eigenvalue weighted by Gasteiger charge is 2.29. The lowest BCUT2D eigenvalue weighted by molar-refractivity contribution is -0.137. The standard InChI is InChI=1S/C15H16F3NO/c1-2-3-4-5-10-19-14(20)11-12-6-8-13(9-7-12)15(16,17)18/h1,6-9H,3-5,10-11H2,(H,19,20). The van der Waals surface area contributed by atoms with Crippen LogP contribution < -0.4 is 5.32 Å². The normalized spacial score (nSPS) is 10.9. The number of rotatable bonds is 6. The summed E-state index contributed by atoms with van der Waals surface area (Å²) in [4.78, 5) is 11.6. The third kappa shape index (κ3) is 5.79. The van der Waals surface area contributed by atoms with Gasteiger partial charge in [-0.25, -0.2) is 0 Å². The summed E-state index contributed by atoms with van der Waals surface area (Å²) in [6.07, 6.45) is 3.14. The van der Waals surface area contributed by atoms with Crippen molar-refractivity contribution >= 4 is 5.91 Å². The van der Waals surface area contributed by atoms with Gasteiger partial charge >= 0.3 is 6.18 Å². The molecule has 1 amide bonds. The summed E-state index contributed by atoms with van der Waals surface area (Å²) in [7, 11) is 0. The molecule has 1 aromatic carbocycles. The minimum atomic E-state index is -4.35. The van der Waals surface area contributed by atoms with E-state index in [1.54, 1.807) is 0 Å². The molecule has 0 bridgehead atoms. The molecule has 0 aliphatic carbocycles. The molecule has 0 aliphatic heterocycles. The Hall–Kier alpha value is -1.96. The molecule has 0 atom stereocenters. The zero-order valence-corrected chi connectivity index (χ0v) is 11.0. The average molecular weight is 283 g/mol. The Morgan fingerprint density at radius 3 is 2.40 bits per heavy atom. The van der Waals surface area contributed by atoms with E-state index in [0.29, 0.717) is 18.5 Å². The summed E-state index contributed by atoms with van der Waals surface area (Å²) in [6.45, 7) is 0.529. The van der Waals surface area contributed by atoms with Crippen molar-refractivity contribution in [1.82, 2.24) is 5.32 Å². The summed E-state index contributed by atoms with van der Waals surface area (Å²) >= 11 is 0. The molecule has 5 heteroatoms. The first-order valence-electron chi connectivity index (χ1n) is 6.30. The molecule has 0 spiro atoms. The fourth-order valence-corrected chi connectivity index (χ4v) is 1.64. The summed E-state index contributed by atoms with van der Waals surface area (Å²) in [5.74, 6) is 2.31. The predicted octanol–water partition coefficient (Wildman–Crippen LogP) is 3.17. The van der Waals surface area contributed by atoms with Gasteiger partial charge in [-0.15, -0.1) is 12.3 Å². The van der Waals surface area contributed by atoms with Crippen LogP contribution in [0.1, 0.15) is 30.4 Å². The lowest BCUT2D eigenvalue weighted by atomic mass is 10.1. The highest BCUT2D eigenvalue weighted by Crippen LogP contribution is 2.29. The number of carbonyl (C=O) groups excluding carboxylic acids is 1. The maximum Gasteiger partial charge on any atom is 0.416 e. The number of carbonyl (C=O) groups is 1. The number of unbranched alkanes of at least 4 members (excludes halogenated alkanes) is 2. The first kappa shape index (κ1) is 16.1. The van der Waals surface area contributed by atoms with Crippen molar-refractivity contribution in [1.29, 1.82) is 0 Å². The predicted molar refractivity (Wildman–Crippen MR) is 70.8 cm³/mol. The van der Waals surface area contributed by atoms with Gasteiger partial charge < -0.3 is 5.32 Å². The number of hydrogen-bond acceptors (Lipinski definition) is 1. The molecule has 0 fully saturated rings. The average Bonchev–Trinajstić information content (AvgIpc) is 2.38. The molecule has 1 N–H and O–H groups in total. The van der Waals surface area contributed by atoms with Crippen LogP contribution in [0.4, 0.5) is 13.2 Å². The van der Waals surface area contributed by atoms with Gasteiger partial charge in [0.05, 0.1) is 12.0 Å². The molecular weight excluding hydrogens is 267 g/mol. The van der Waals surface area contributed by atoms with Gasteiger partial charge in [0.25, 0.3) is 0 Å². The smallest absolute Gasteiger partial charge is 0.356 e. The van der Waals surface area contributed by atoms with Crippen LogP contribution in [0.5, 0.6) is 0 Å². The van der Waals surface area contributed by atoms with Gasteiger partial charge in [-0.3, -0.25) is 4.79 Å². The second-order valence-corrected chi connectivity index (χ2v) is 4.38. The molecule has 20 heavy (non-hydrogen) atoms. The Labute approximate surface area is 116 Å². The van der Waals surface area contributed by atoms with E-state index < -0.39 is 11.7 Å². The Morgan fingerprint density at radius 2 is 1.85 bits per heavy atom. The SMILES string of the molecule is C#CCCCCNC(=O)Cc1ccc(C(F)(F)F)cc1. The lowest BCUT2D eigenvalue weighted by Crippen LogP contribution is -2.26. The maximum absolute atomic E-state index is 12.4. The number of benzene rings is 1. The summed E-state index contributed by atoms with van der Waals surface area (Å²) in [6, 6.07) is 4.60. The van der Waals surface area contributed by atoms with Crippen LogP contribution in [0.25, 0.3) is 0 Å². The molecule has 2 nitrogen and oxygen atoms in total. The van der Waals surface area contributed by atoms with Gasteiger partial charge in [0.15, 0.2) is 0 Å². The quantitative estimate of drug-likeness (QED) is 0.630. The largest absolute Gasteiger partial charge is 0.416 e. The Morgan fingerprint density at radius 1 is 1.20 bits per heavy atom. The second-order valence-electron chi connectivity index (χ2n) is 4.38. The van der Waals surface area contributed by atoms with Crippen LogP contribution in [-0.2, 0) is 17.4 Å². The molecule has 108 valence electrons. The second kappa shape index (κ2) is 7.59. The van der Waals surface area contributed by atoms with Crippen molar-refractivity contribution in [3.05, 3.63) is 35.4 Å². The van der Waals surface area contributed by atoms with E-state index in [2.05, 4.69) is 11.2 Å². The highest BCUT2D eigenvalue weighted by molar-refractivity contribution is 5.78.